The zero-order chi connectivity index (χ0) is 28.6. The largest absolute Gasteiger partial charge is 0.463 e. The maximum absolute atomic E-state index is 13.5. The molecule has 1 N–H and O–H groups in total. The summed E-state index contributed by atoms with van der Waals surface area (Å²) in [4.78, 5) is 45.2. The predicted octanol–water partition coefficient (Wildman–Crippen LogP) is 4.57. The Kier molecular flexibility index (Phi) is 9.82. The molecular weight excluding hydrogens is 508 g/mol. The minimum atomic E-state index is -0.699. The van der Waals surface area contributed by atoms with Gasteiger partial charge in [0.1, 0.15) is 11.5 Å². The van der Waals surface area contributed by atoms with E-state index in [2.05, 4.69) is 10.2 Å². The number of nitrogens with one attached hydrogen (secondary N) is 1. The summed E-state index contributed by atoms with van der Waals surface area (Å²) >= 11 is 0. The summed E-state index contributed by atoms with van der Waals surface area (Å²) in [5.74, 6) is 0.935. The number of nitrogens with zero attached hydrogens (tertiary/aromatic N) is 3. The number of urea groups is 1. The average molecular weight is 549 g/mol. The first-order valence-electron chi connectivity index (χ1n) is 14.1. The van der Waals surface area contributed by atoms with Gasteiger partial charge in [-0.25, -0.2) is 9.59 Å². The number of rotatable bonds is 9. The van der Waals surface area contributed by atoms with Crippen molar-refractivity contribution in [3.63, 3.8) is 0 Å². The molecule has 1 fully saturated rings. The number of benzene rings is 2. The molecule has 0 aliphatic carbocycles. The van der Waals surface area contributed by atoms with Gasteiger partial charge in [-0.05, 0) is 50.1 Å². The maximum atomic E-state index is 13.5. The highest BCUT2D eigenvalue weighted by Gasteiger charge is 2.38. The van der Waals surface area contributed by atoms with Crippen LogP contribution in [0.1, 0.15) is 45.7 Å². The van der Waals surface area contributed by atoms with Crippen molar-refractivity contribution in [2.24, 2.45) is 5.92 Å². The second-order valence-electron chi connectivity index (χ2n) is 10.3. The summed E-state index contributed by atoms with van der Waals surface area (Å²) in [6, 6.07) is 15.9. The number of para-hydroxylation sites is 1. The van der Waals surface area contributed by atoms with Crippen molar-refractivity contribution in [3.8, 4) is 11.5 Å². The Morgan fingerprint density at radius 3 is 2.42 bits per heavy atom. The minimum absolute atomic E-state index is 0.0512. The number of carbonyl (C=O) groups excluding carboxylic acids is 3. The molecule has 0 radical (unpaired) electrons. The van der Waals surface area contributed by atoms with Crippen molar-refractivity contribution < 1.29 is 23.9 Å². The van der Waals surface area contributed by atoms with E-state index in [1.165, 1.54) is 0 Å². The maximum Gasteiger partial charge on any atom is 0.338 e. The third-order valence-electron chi connectivity index (χ3n) is 7.19. The summed E-state index contributed by atoms with van der Waals surface area (Å²) in [6.07, 6.45) is 0.821. The summed E-state index contributed by atoms with van der Waals surface area (Å²) in [5, 5.41) is 3.03. The van der Waals surface area contributed by atoms with Crippen LogP contribution in [0.4, 0.5) is 4.79 Å². The van der Waals surface area contributed by atoms with Gasteiger partial charge < -0.3 is 19.7 Å². The van der Waals surface area contributed by atoms with Gasteiger partial charge >= 0.3 is 12.0 Å². The number of amides is 3. The molecular formula is C31H40N4O5. The molecule has 0 unspecified atom stereocenters. The van der Waals surface area contributed by atoms with Crippen molar-refractivity contribution in [2.75, 3.05) is 45.9 Å². The van der Waals surface area contributed by atoms with E-state index in [-0.39, 0.29) is 24.5 Å². The Morgan fingerprint density at radius 2 is 1.73 bits per heavy atom. The lowest BCUT2D eigenvalue weighted by molar-refractivity contribution is -0.139. The van der Waals surface area contributed by atoms with Crippen LogP contribution in [0.3, 0.4) is 0 Å². The Morgan fingerprint density at radius 1 is 0.975 bits per heavy atom. The number of ether oxygens (including phenoxy) is 2. The molecule has 2 heterocycles. The van der Waals surface area contributed by atoms with Crippen molar-refractivity contribution in [1.29, 1.82) is 0 Å². The molecule has 0 bridgehead atoms. The molecule has 2 aliphatic heterocycles. The molecule has 4 rings (SSSR count). The Balaban J connectivity index is 1.68. The van der Waals surface area contributed by atoms with Crippen LogP contribution >= 0.6 is 0 Å². The summed E-state index contributed by atoms with van der Waals surface area (Å²) in [7, 11) is 0. The predicted molar refractivity (Wildman–Crippen MR) is 153 cm³/mol. The fourth-order valence-electron chi connectivity index (χ4n) is 5.22. The van der Waals surface area contributed by atoms with E-state index in [9.17, 15) is 14.4 Å². The second kappa shape index (κ2) is 13.5. The van der Waals surface area contributed by atoms with Gasteiger partial charge in [0.25, 0.3) is 0 Å². The highest BCUT2D eigenvalue weighted by atomic mass is 16.5. The van der Waals surface area contributed by atoms with Gasteiger partial charge in [0.2, 0.25) is 5.91 Å². The molecule has 0 aromatic heterocycles. The van der Waals surface area contributed by atoms with Crippen LogP contribution in [0.5, 0.6) is 11.5 Å². The lowest BCUT2D eigenvalue weighted by atomic mass is 9.94. The summed E-state index contributed by atoms with van der Waals surface area (Å²) < 4.78 is 11.6. The number of hydrogen-bond donors (Lipinski definition) is 1. The Hall–Kier alpha value is -3.85. The third kappa shape index (κ3) is 6.83. The molecule has 0 saturated carbocycles. The van der Waals surface area contributed by atoms with E-state index in [1.54, 1.807) is 11.8 Å². The summed E-state index contributed by atoms with van der Waals surface area (Å²) in [5.41, 5.74) is 1.77. The molecule has 2 aromatic rings. The monoisotopic (exact) mass is 548 g/mol. The lowest BCUT2D eigenvalue weighted by Gasteiger charge is -2.38. The van der Waals surface area contributed by atoms with Gasteiger partial charge in [0.15, 0.2) is 0 Å². The highest BCUT2D eigenvalue weighted by molar-refractivity contribution is 5.95. The van der Waals surface area contributed by atoms with Crippen LogP contribution in [-0.4, -0.2) is 78.5 Å². The Labute approximate surface area is 236 Å². The van der Waals surface area contributed by atoms with E-state index < -0.39 is 12.0 Å². The molecule has 0 spiro atoms. The van der Waals surface area contributed by atoms with Gasteiger partial charge in [0, 0.05) is 50.9 Å². The molecule has 3 amide bonds. The first-order chi connectivity index (χ1) is 19.3. The fourth-order valence-corrected chi connectivity index (χ4v) is 5.22. The van der Waals surface area contributed by atoms with Gasteiger partial charge in [0.05, 0.1) is 18.2 Å². The van der Waals surface area contributed by atoms with E-state index in [0.717, 1.165) is 18.5 Å². The lowest BCUT2D eigenvalue weighted by Crippen LogP contribution is -2.51. The van der Waals surface area contributed by atoms with E-state index >= 15 is 0 Å². The smallest absolute Gasteiger partial charge is 0.338 e. The molecule has 9 heteroatoms. The molecule has 40 heavy (non-hydrogen) atoms. The van der Waals surface area contributed by atoms with Crippen molar-refractivity contribution in [2.45, 2.75) is 40.2 Å². The van der Waals surface area contributed by atoms with Crippen molar-refractivity contribution in [1.82, 2.24) is 20.0 Å². The molecule has 2 aromatic carbocycles. The van der Waals surface area contributed by atoms with Crippen LogP contribution < -0.4 is 10.1 Å². The molecule has 2 aliphatic rings. The van der Waals surface area contributed by atoms with Crippen LogP contribution in [0.15, 0.2) is 65.9 Å². The zero-order valence-electron chi connectivity index (χ0n) is 23.9. The SMILES string of the molecule is CCOC(=O)C1=C(CN2CCCN(C(=O)C(C)C)CC2)N(CC)C(=O)N[C@H]1c1cccc(Oc2ccccc2)c1. The minimum Gasteiger partial charge on any atom is -0.463 e. The van der Waals surface area contributed by atoms with Gasteiger partial charge in [-0.1, -0.05) is 44.2 Å². The standard InChI is InChI=1S/C31H40N4O5/c1-5-35-26(21-33-16-11-17-34(19-18-33)29(36)22(3)4)27(30(37)39-6-2)28(32-31(35)38)23-12-10-15-25(20-23)40-24-13-8-7-9-14-24/h7-10,12-15,20,22,28H,5-6,11,16-19,21H2,1-4H3,(H,32,38)/t28-/m0/s1. The molecule has 214 valence electrons. The fraction of sp³-hybridized carbons (Fsp3) is 0.452. The first kappa shape index (κ1) is 29.1. The average Bonchev–Trinajstić information content (AvgIpc) is 3.18. The van der Waals surface area contributed by atoms with E-state index in [4.69, 9.17) is 9.47 Å². The first-order valence-corrected chi connectivity index (χ1v) is 14.1. The zero-order valence-corrected chi connectivity index (χ0v) is 23.9. The number of hydrogen-bond acceptors (Lipinski definition) is 6. The molecule has 1 atom stereocenters. The van der Waals surface area contributed by atoms with Gasteiger partial charge in [-0.15, -0.1) is 0 Å². The third-order valence-corrected chi connectivity index (χ3v) is 7.19. The van der Waals surface area contributed by atoms with Crippen molar-refractivity contribution in [3.05, 3.63) is 71.4 Å². The highest BCUT2D eigenvalue weighted by Crippen LogP contribution is 2.34. The van der Waals surface area contributed by atoms with Gasteiger partial charge in [-0.3, -0.25) is 14.6 Å². The number of carbonyl (C=O) groups is 3. The quantitative estimate of drug-likeness (QED) is 0.462. The Bertz CT molecular complexity index is 1230. The number of likely N-dealkylation sites (N-methyl/N-ethyl adjacent to an activating group) is 1. The van der Waals surface area contributed by atoms with Crippen molar-refractivity contribution >= 4 is 17.9 Å². The van der Waals surface area contributed by atoms with Crippen LogP contribution in [0.2, 0.25) is 0 Å². The van der Waals surface area contributed by atoms with Crippen LogP contribution in [0.25, 0.3) is 0 Å². The molecule has 1 saturated heterocycles. The van der Waals surface area contributed by atoms with Crippen LogP contribution in [-0.2, 0) is 14.3 Å². The van der Waals surface area contributed by atoms with Gasteiger partial charge in [-0.2, -0.15) is 0 Å². The number of esters is 1. The normalized spacial score (nSPS) is 18.4. The summed E-state index contributed by atoms with van der Waals surface area (Å²) in [6.45, 7) is 11.2. The van der Waals surface area contributed by atoms with Crippen LogP contribution in [0, 0.1) is 5.92 Å². The topological polar surface area (TPSA) is 91.4 Å². The second-order valence-corrected chi connectivity index (χ2v) is 10.3. The van der Waals surface area contributed by atoms with E-state index in [1.807, 2.05) is 80.3 Å². The van der Waals surface area contributed by atoms with E-state index in [0.29, 0.717) is 55.5 Å². The molecule has 9 nitrogen and oxygen atoms in total.